The first kappa shape index (κ1) is 14.6. The van der Waals surface area contributed by atoms with E-state index in [1.54, 1.807) is 0 Å². The van der Waals surface area contributed by atoms with Crippen LogP contribution in [0.1, 0.15) is 11.1 Å². The van der Waals surface area contributed by atoms with Crippen molar-refractivity contribution in [2.75, 3.05) is 13.1 Å². The standard InChI is InChI=1S/C12H11FN2O4/c13-10-2-1-8(4-14)9(3-10)5-15(6-11(16)17)7-12(18)19/h1-3H,5-7H2,(H,16,17)(H,18,19). The van der Waals surface area contributed by atoms with Gasteiger partial charge in [0.05, 0.1) is 24.7 Å². The van der Waals surface area contributed by atoms with Crippen molar-refractivity contribution in [1.29, 1.82) is 5.26 Å². The average molecular weight is 266 g/mol. The van der Waals surface area contributed by atoms with Crippen molar-refractivity contribution in [3.8, 4) is 6.07 Å². The van der Waals surface area contributed by atoms with Crippen LogP contribution in [0.5, 0.6) is 0 Å². The van der Waals surface area contributed by atoms with E-state index in [0.29, 0.717) is 0 Å². The fourth-order valence-electron chi connectivity index (χ4n) is 1.59. The maximum atomic E-state index is 13.1. The SMILES string of the molecule is N#Cc1ccc(F)cc1CN(CC(=O)O)CC(=O)O. The third-order valence-corrected chi connectivity index (χ3v) is 2.30. The van der Waals surface area contributed by atoms with Crippen LogP contribution in [-0.4, -0.2) is 40.1 Å². The summed E-state index contributed by atoms with van der Waals surface area (Å²) in [6.07, 6.45) is 0. The number of halogens is 1. The molecule has 100 valence electrons. The molecule has 19 heavy (non-hydrogen) atoms. The van der Waals surface area contributed by atoms with Crippen molar-refractivity contribution in [3.05, 3.63) is 35.1 Å². The van der Waals surface area contributed by atoms with Crippen LogP contribution in [0.2, 0.25) is 0 Å². The molecular weight excluding hydrogens is 255 g/mol. The Morgan fingerprint density at radius 3 is 2.32 bits per heavy atom. The summed E-state index contributed by atoms with van der Waals surface area (Å²) < 4.78 is 13.1. The summed E-state index contributed by atoms with van der Waals surface area (Å²) in [6, 6.07) is 5.32. The van der Waals surface area contributed by atoms with Gasteiger partial charge in [-0.25, -0.2) is 4.39 Å². The highest BCUT2D eigenvalue weighted by Gasteiger charge is 2.16. The van der Waals surface area contributed by atoms with Crippen LogP contribution < -0.4 is 0 Å². The molecule has 1 aromatic rings. The maximum absolute atomic E-state index is 13.1. The van der Waals surface area contributed by atoms with Crippen LogP contribution in [0, 0.1) is 17.1 Å². The lowest BCUT2D eigenvalue weighted by molar-refractivity contribution is -0.142. The Bertz CT molecular complexity index is 523. The first-order valence-electron chi connectivity index (χ1n) is 5.27. The lowest BCUT2D eigenvalue weighted by atomic mass is 10.1. The normalized spacial score (nSPS) is 10.2. The first-order chi connectivity index (χ1) is 8.92. The van der Waals surface area contributed by atoms with Crippen LogP contribution in [0.3, 0.4) is 0 Å². The zero-order chi connectivity index (χ0) is 14.4. The van der Waals surface area contributed by atoms with E-state index in [1.807, 2.05) is 6.07 Å². The predicted molar refractivity (Wildman–Crippen MR) is 61.7 cm³/mol. The van der Waals surface area contributed by atoms with E-state index in [2.05, 4.69) is 0 Å². The van der Waals surface area contributed by atoms with Gasteiger partial charge in [-0.05, 0) is 23.8 Å². The van der Waals surface area contributed by atoms with Gasteiger partial charge in [-0.1, -0.05) is 0 Å². The monoisotopic (exact) mass is 266 g/mol. The summed E-state index contributed by atoms with van der Waals surface area (Å²) in [6.45, 7) is -1.14. The Kier molecular flexibility index (Phi) is 4.97. The van der Waals surface area contributed by atoms with E-state index in [9.17, 15) is 14.0 Å². The van der Waals surface area contributed by atoms with Crippen molar-refractivity contribution >= 4 is 11.9 Å². The third kappa shape index (κ3) is 4.73. The van der Waals surface area contributed by atoms with Gasteiger partial charge in [-0.15, -0.1) is 0 Å². The largest absolute Gasteiger partial charge is 0.480 e. The molecule has 0 aromatic heterocycles. The quantitative estimate of drug-likeness (QED) is 0.784. The number of hydrogen-bond donors (Lipinski definition) is 2. The van der Waals surface area contributed by atoms with E-state index in [0.717, 1.165) is 17.0 Å². The van der Waals surface area contributed by atoms with E-state index < -0.39 is 30.8 Å². The molecule has 1 rings (SSSR count). The number of carbonyl (C=O) groups is 2. The number of nitrogens with zero attached hydrogens (tertiary/aromatic N) is 2. The summed E-state index contributed by atoms with van der Waals surface area (Å²) in [5.41, 5.74) is 0.437. The van der Waals surface area contributed by atoms with Gasteiger partial charge in [-0.3, -0.25) is 14.5 Å². The third-order valence-electron chi connectivity index (χ3n) is 2.30. The molecule has 2 N–H and O–H groups in total. The molecule has 0 bridgehead atoms. The summed E-state index contributed by atoms with van der Waals surface area (Å²) in [7, 11) is 0. The molecule has 6 nitrogen and oxygen atoms in total. The number of rotatable bonds is 6. The van der Waals surface area contributed by atoms with Crippen molar-refractivity contribution < 1.29 is 24.2 Å². The lowest BCUT2D eigenvalue weighted by Crippen LogP contribution is -2.34. The van der Waals surface area contributed by atoms with Gasteiger partial charge in [0, 0.05) is 6.54 Å². The minimum absolute atomic E-state index is 0.126. The zero-order valence-corrected chi connectivity index (χ0v) is 9.84. The van der Waals surface area contributed by atoms with Crippen LogP contribution in [0.4, 0.5) is 4.39 Å². The number of nitriles is 1. The number of benzene rings is 1. The van der Waals surface area contributed by atoms with E-state index in [-0.39, 0.29) is 17.7 Å². The van der Waals surface area contributed by atoms with E-state index >= 15 is 0 Å². The molecule has 0 unspecified atom stereocenters. The van der Waals surface area contributed by atoms with Gasteiger partial charge in [0.1, 0.15) is 5.82 Å². The Morgan fingerprint density at radius 2 is 1.84 bits per heavy atom. The summed E-state index contributed by atoms with van der Waals surface area (Å²) in [4.78, 5) is 22.4. The molecule has 0 amide bonds. The highest BCUT2D eigenvalue weighted by atomic mass is 19.1. The molecule has 0 radical (unpaired) electrons. The predicted octanol–water partition coefficient (Wildman–Crippen LogP) is 0.669. The summed E-state index contributed by atoms with van der Waals surface area (Å²) in [5.74, 6) is -2.97. The molecule has 0 saturated carbocycles. The molecule has 0 aliphatic rings. The zero-order valence-electron chi connectivity index (χ0n) is 9.84. The van der Waals surface area contributed by atoms with Gasteiger partial charge in [0.25, 0.3) is 0 Å². The Hall–Kier alpha value is -2.46. The Labute approximate surface area is 108 Å². The van der Waals surface area contributed by atoms with Crippen molar-refractivity contribution in [2.45, 2.75) is 6.54 Å². The summed E-state index contributed by atoms with van der Waals surface area (Å²) in [5, 5.41) is 26.2. The van der Waals surface area contributed by atoms with E-state index in [4.69, 9.17) is 15.5 Å². The second kappa shape index (κ2) is 6.47. The topological polar surface area (TPSA) is 102 Å². The van der Waals surface area contributed by atoms with Crippen LogP contribution in [0.25, 0.3) is 0 Å². The van der Waals surface area contributed by atoms with Gasteiger partial charge in [0.15, 0.2) is 0 Å². The number of hydrogen-bond acceptors (Lipinski definition) is 4. The van der Waals surface area contributed by atoms with Gasteiger partial charge < -0.3 is 10.2 Å². The molecule has 0 saturated heterocycles. The average Bonchev–Trinajstić information content (AvgIpc) is 2.27. The molecule has 1 aromatic carbocycles. The molecule has 0 aliphatic heterocycles. The Morgan fingerprint density at radius 1 is 1.26 bits per heavy atom. The number of carboxylic acids is 2. The fraction of sp³-hybridized carbons (Fsp3) is 0.250. The van der Waals surface area contributed by atoms with Crippen molar-refractivity contribution in [2.24, 2.45) is 0 Å². The first-order valence-corrected chi connectivity index (χ1v) is 5.27. The lowest BCUT2D eigenvalue weighted by Gasteiger charge is -2.18. The molecule has 0 heterocycles. The molecule has 0 aliphatic carbocycles. The molecule has 0 spiro atoms. The molecule has 7 heteroatoms. The Balaban J connectivity index is 2.95. The molecule has 0 atom stereocenters. The van der Waals surface area contributed by atoms with Gasteiger partial charge in [0.2, 0.25) is 0 Å². The van der Waals surface area contributed by atoms with Crippen molar-refractivity contribution in [1.82, 2.24) is 4.90 Å². The van der Waals surface area contributed by atoms with Crippen LogP contribution in [-0.2, 0) is 16.1 Å². The second-order valence-electron chi connectivity index (χ2n) is 3.85. The smallest absolute Gasteiger partial charge is 0.317 e. The van der Waals surface area contributed by atoms with Crippen LogP contribution in [0.15, 0.2) is 18.2 Å². The van der Waals surface area contributed by atoms with Crippen LogP contribution >= 0.6 is 0 Å². The van der Waals surface area contributed by atoms with Gasteiger partial charge >= 0.3 is 11.9 Å². The minimum atomic E-state index is -1.20. The fourth-order valence-corrected chi connectivity index (χ4v) is 1.59. The summed E-state index contributed by atoms with van der Waals surface area (Å²) >= 11 is 0. The number of aliphatic carboxylic acids is 2. The second-order valence-corrected chi connectivity index (χ2v) is 3.85. The highest BCUT2D eigenvalue weighted by Crippen LogP contribution is 2.13. The van der Waals surface area contributed by atoms with Crippen molar-refractivity contribution in [3.63, 3.8) is 0 Å². The van der Waals surface area contributed by atoms with E-state index in [1.165, 1.54) is 6.07 Å². The number of carboxylic acid groups (broad SMARTS) is 2. The molecular formula is C12H11FN2O4. The van der Waals surface area contributed by atoms with Gasteiger partial charge in [-0.2, -0.15) is 5.26 Å². The minimum Gasteiger partial charge on any atom is -0.480 e. The molecule has 0 fully saturated rings. The maximum Gasteiger partial charge on any atom is 0.317 e. The highest BCUT2D eigenvalue weighted by molar-refractivity contribution is 5.72.